The van der Waals surface area contributed by atoms with E-state index >= 15 is 0 Å². The number of ether oxygens (including phenoxy) is 1. The maximum absolute atomic E-state index is 12.1. The van der Waals surface area contributed by atoms with Gasteiger partial charge in [0.25, 0.3) is 5.91 Å². The summed E-state index contributed by atoms with van der Waals surface area (Å²) in [4.78, 5) is 13.8. The predicted octanol–water partition coefficient (Wildman–Crippen LogP) is 1.82. The van der Waals surface area contributed by atoms with Crippen molar-refractivity contribution in [1.82, 2.24) is 4.90 Å². The average molecular weight is 317 g/mol. The van der Waals surface area contributed by atoms with Gasteiger partial charge in [0.1, 0.15) is 5.75 Å². The van der Waals surface area contributed by atoms with Crippen LogP contribution in [0.3, 0.4) is 0 Å². The molecule has 2 N–H and O–H groups in total. The Bertz CT molecular complexity index is 451. The fourth-order valence-electron chi connectivity index (χ4n) is 1.35. The van der Waals surface area contributed by atoms with E-state index in [0.717, 1.165) is 4.47 Å². The van der Waals surface area contributed by atoms with Crippen LogP contribution in [0.2, 0.25) is 0 Å². The van der Waals surface area contributed by atoms with E-state index in [0.29, 0.717) is 11.3 Å². The van der Waals surface area contributed by atoms with E-state index in [-0.39, 0.29) is 17.4 Å². The number of halogens is 1. The minimum atomic E-state index is -0.179. The molecular formula is C11H13BrN2O2S. The first-order valence-electron chi connectivity index (χ1n) is 4.83. The highest BCUT2D eigenvalue weighted by Crippen LogP contribution is 2.24. The van der Waals surface area contributed by atoms with Crippen molar-refractivity contribution in [2.75, 3.05) is 20.7 Å². The molecule has 1 rings (SSSR count). The summed E-state index contributed by atoms with van der Waals surface area (Å²) >= 11 is 8.09. The van der Waals surface area contributed by atoms with Crippen molar-refractivity contribution in [3.63, 3.8) is 0 Å². The van der Waals surface area contributed by atoms with Crippen LogP contribution >= 0.6 is 28.1 Å². The van der Waals surface area contributed by atoms with Crippen LogP contribution in [-0.2, 0) is 0 Å². The lowest BCUT2D eigenvalue weighted by molar-refractivity contribution is 0.0812. The van der Waals surface area contributed by atoms with Crippen LogP contribution in [0.5, 0.6) is 5.75 Å². The molecule has 0 fully saturated rings. The zero-order valence-electron chi connectivity index (χ0n) is 9.57. The first-order chi connectivity index (χ1) is 7.95. The molecule has 0 atom stereocenters. The van der Waals surface area contributed by atoms with Gasteiger partial charge in [0.15, 0.2) is 0 Å². The fraction of sp³-hybridized carbons (Fsp3) is 0.273. The standard InChI is InChI=1S/C11H13BrN2O2S/c1-14(6-10(13)17)11(15)8-4-3-7(12)5-9(8)16-2/h3-5H,6H2,1-2H3,(H2,13,17). The number of amides is 1. The zero-order chi connectivity index (χ0) is 13.0. The summed E-state index contributed by atoms with van der Waals surface area (Å²) < 4.78 is 6.01. The summed E-state index contributed by atoms with van der Waals surface area (Å²) in [5.74, 6) is 0.335. The summed E-state index contributed by atoms with van der Waals surface area (Å²) in [5.41, 5.74) is 5.88. The molecule has 92 valence electrons. The van der Waals surface area contributed by atoms with E-state index in [9.17, 15) is 4.79 Å². The number of likely N-dealkylation sites (N-methyl/N-ethyl adjacent to an activating group) is 1. The van der Waals surface area contributed by atoms with Crippen molar-refractivity contribution >= 4 is 39.0 Å². The van der Waals surface area contributed by atoms with Crippen LogP contribution in [0.1, 0.15) is 10.4 Å². The van der Waals surface area contributed by atoms with Crippen molar-refractivity contribution in [2.24, 2.45) is 5.73 Å². The molecule has 0 unspecified atom stereocenters. The molecular weight excluding hydrogens is 304 g/mol. The Labute approximate surface area is 114 Å². The van der Waals surface area contributed by atoms with Gasteiger partial charge in [-0.05, 0) is 18.2 Å². The van der Waals surface area contributed by atoms with Gasteiger partial charge >= 0.3 is 0 Å². The molecule has 6 heteroatoms. The van der Waals surface area contributed by atoms with Crippen LogP contribution in [0.25, 0.3) is 0 Å². The molecule has 1 aromatic carbocycles. The number of carbonyl (C=O) groups is 1. The molecule has 0 radical (unpaired) electrons. The Morgan fingerprint density at radius 3 is 2.76 bits per heavy atom. The number of methoxy groups -OCH3 is 1. The van der Waals surface area contributed by atoms with Crippen LogP contribution in [0, 0.1) is 0 Å². The predicted molar refractivity (Wildman–Crippen MR) is 74.4 cm³/mol. The molecule has 17 heavy (non-hydrogen) atoms. The van der Waals surface area contributed by atoms with Gasteiger partial charge in [-0.1, -0.05) is 28.1 Å². The van der Waals surface area contributed by atoms with E-state index in [1.54, 1.807) is 25.2 Å². The number of benzene rings is 1. The number of nitrogens with zero attached hydrogens (tertiary/aromatic N) is 1. The summed E-state index contributed by atoms with van der Waals surface area (Å²) in [6.07, 6.45) is 0. The summed E-state index contributed by atoms with van der Waals surface area (Å²) in [6.45, 7) is 0.243. The van der Waals surface area contributed by atoms with Crippen molar-refractivity contribution in [3.8, 4) is 5.75 Å². The Morgan fingerprint density at radius 2 is 2.24 bits per heavy atom. The summed E-state index contributed by atoms with van der Waals surface area (Å²) in [6, 6.07) is 5.22. The third-order valence-electron chi connectivity index (χ3n) is 2.13. The first-order valence-corrected chi connectivity index (χ1v) is 6.03. The molecule has 0 heterocycles. The van der Waals surface area contributed by atoms with Crippen LogP contribution in [0.15, 0.2) is 22.7 Å². The topological polar surface area (TPSA) is 55.6 Å². The second-order valence-electron chi connectivity index (χ2n) is 3.47. The van der Waals surface area contributed by atoms with Crippen LogP contribution in [-0.4, -0.2) is 36.5 Å². The van der Waals surface area contributed by atoms with E-state index in [1.165, 1.54) is 12.0 Å². The van der Waals surface area contributed by atoms with Gasteiger partial charge in [-0.15, -0.1) is 0 Å². The zero-order valence-corrected chi connectivity index (χ0v) is 12.0. The molecule has 0 saturated carbocycles. The monoisotopic (exact) mass is 316 g/mol. The maximum atomic E-state index is 12.1. The third-order valence-corrected chi connectivity index (χ3v) is 2.76. The highest BCUT2D eigenvalue weighted by molar-refractivity contribution is 9.10. The summed E-state index contributed by atoms with van der Waals surface area (Å²) in [5, 5.41) is 0. The van der Waals surface area contributed by atoms with Gasteiger partial charge in [0.05, 0.1) is 24.2 Å². The quantitative estimate of drug-likeness (QED) is 0.861. The van der Waals surface area contributed by atoms with Crippen LogP contribution in [0.4, 0.5) is 0 Å². The Kier molecular flexibility index (Phi) is 4.89. The van der Waals surface area contributed by atoms with Gasteiger partial charge in [-0.2, -0.15) is 0 Å². The van der Waals surface area contributed by atoms with Crippen LogP contribution < -0.4 is 10.5 Å². The van der Waals surface area contributed by atoms with E-state index in [1.807, 2.05) is 0 Å². The van der Waals surface area contributed by atoms with Crippen molar-refractivity contribution in [2.45, 2.75) is 0 Å². The van der Waals surface area contributed by atoms with E-state index in [4.69, 9.17) is 22.7 Å². The van der Waals surface area contributed by atoms with Crippen molar-refractivity contribution in [1.29, 1.82) is 0 Å². The van der Waals surface area contributed by atoms with Gasteiger partial charge in [-0.25, -0.2) is 0 Å². The molecule has 1 amide bonds. The van der Waals surface area contributed by atoms with Crippen molar-refractivity contribution < 1.29 is 9.53 Å². The number of hydrogen-bond donors (Lipinski definition) is 1. The lowest BCUT2D eigenvalue weighted by Crippen LogP contribution is -2.34. The van der Waals surface area contributed by atoms with Gasteiger partial charge in [0.2, 0.25) is 0 Å². The number of nitrogens with two attached hydrogens (primary N) is 1. The Balaban J connectivity index is 2.99. The molecule has 0 aliphatic carbocycles. The fourth-order valence-corrected chi connectivity index (χ4v) is 1.89. The molecule has 0 bridgehead atoms. The first kappa shape index (κ1) is 13.9. The molecule has 0 saturated heterocycles. The molecule has 4 nitrogen and oxygen atoms in total. The molecule has 0 spiro atoms. The molecule has 0 aliphatic rings. The molecule has 0 aliphatic heterocycles. The van der Waals surface area contributed by atoms with Gasteiger partial charge in [-0.3, -0.25) is 4.79 Å². The number of hydrogen-bond acceptors (Lipinski definition) is 3. The largest absolute Gasteiger partial charge is 0.496 e. The number of carbonyl (C=O) groups excluding carboxylic acids is 1. The SMILES string of the molecule is COc1cc(Br)ccc1C(=O)N(C)CC(N)=S. The number of rotatable bonds is 4. The molecule has 1 aromatic rings. The minimum Gasteiger partial charge on any atom is -0.496 e. The smallest absolute Gasteiger partial charge is 0.257 e. The number of thiocarbonyl (C=S) groups is 1. The molecule has 0 aromatic heterocycles. The normalized spacial score (nSPS) is 9.82. The maximum Gasteiger partial charge on any atom is 0.257 e. The second-order valence-corrected chi connectivity index (χ2v) is 4.91. The van der Waals surface area contributed by atoms with Gasteiger partial charge < -0.3 is 15.4 Å². The summed E-state index contributed by atoms with van der Waals surface area (Å²) in [7, 11) is 3.16. The average Bonchev–Trinajstić information content (AvgIpc) is 2.27. The van der Waals surface area contributed by atoms with Gasteiger partial charge in [0, 0.05) is 11.5 Å². The Morgan fingerprint density at radius 1 is 1.59 bits per heavy atom. The lowest BCUT2D eigenvalue weighted by atomic mass is 10.2. The lowest BCUT2D eigenvalue weighted by Gasteiger charge is -2.17. The second kappa shape index (κ2) is 5.97. The Hall–Kier alpha value is -1.14. The highest BCUT2D eigenvalue weighted by atomic mass is 79.9. The van der Waals surface area contributed by atoms with E-state index < -0.39 is 0 Å². The third kappa shape index (κ3) is 3.67. The highest BCUT2D eigenvalue weighted by Gasteiger charge is 2.17. The minimum absolute atomic E-state index is 0.179. The van der Waals surface area contributed by atoms with E-state index in [2.05, 4.69) is 15.9 Å². The van der Waals surface area contributed by atoms with Crippen molar-refractivity contribution in [3.05, 3.63) is 28.2 Å².